The molecule has 0 radical (unpaired) electrons. The molecule has 0 aliphatic carbocycles. The van der Waals surface area contributed by atoms with Gasteiger partial charge in [-0.2, -0.15) is 0 Å². The van der Waals surface area contributed by atoms with E-state index in [0.717, 1.165) is 12.8 Å². The van der Waals surface area contributed by atoms with Crippen molar-refractivity contribution < 1.29 is 40.9 Å². The van der Waals surface area contributed by atoms with Crippen LogP contribution in [0.2, 0.25) is 0 Å². The summed E-state index contributed by atoms with van der Waals surface area (Å²) in [7, 11) is 0. The van der Waals surface area contributed by atoms with E-state index in [9.17, 15) is 4.79 Å². The van der Waals surface area contributed by atoms with Crippen LogP contribution in [0.3, 0.4) is 0 Å². The Kier molecular flexibility index (Phi) is 33.1. The molecular formula is C28H57NaO2. The van der Waals surface area contributed by atoms with Crippen LogP contribution in [0.15, 0.2) is 0 Å². The zero-order chi connectivity index (χ0) is 22.0. The minimum Gasteiger partial charge on any atom is -1.00 e. The van der Waals surface area contributed by atoms with Crippen molar-refractivity contribution in [2.75, 3.05) is 0 Å². The Labute approximate surface area is 219 Å². The molecule has 0 aromatic rings. The van der Waals surface area contributed by atoms with E-state index in [1.54, 1.807) is 0 Å². The van der Waals surface area contributed by atoms with Crippen LogP contribution in [0, 0.1) is 0 Å². The standard InChI is InChI=1S/C28H56O2.Na.H/c1-2-3-4-5-6-7-8-9-10-11-12-13-14-15-16-17-18-19-20-21-22-23-24-25-26-27-28(29)30;;/h2-27H2,1H3,(H,29,30);;/q;+1;-1. The van der Waals surface area contributed by atoms with E-state index in [1.165, 1.54) is 148 Å². The fourth-order valence-corrected chi connectivity index (χ4v) is 4.42. The van der Waals surface area contributed by atoms with Crippen LogP contribution in [0.5, 0.6) is 0 Å². The third-order valence-corrected chi connectivity index (χ3v) is 6.49. The van der Waals surface area contributed by atoms with Gasteiger partial charge in [-0.05, 0) is 6.42 Å². The molecule has 0 rings (SSSR count). The molecule has 1 N–H and O–H groups in total. The second-order valence-corrected chi connectivity index (χ2v) is 9.63. The average molecular weight is 449 g/mol. The fourth-order valence-electron chi connectivity index (χ4n) is 4.42. The average Bonchev–Trinajstić information content (AvgIpc) is 2.73. The van der Waals surface area contributed by atoms with E-state index in [-0.39, 0.29) is 31.0 Å². The Morgan fingerprint density at radius 2 is 0.645 bits per heavy atom. The minimum absolute atomic E-state index is 0. The molecular weight excluding hydrogens is 391 g/mol. The van der Waals surface area contributed by atoms with Gasteiger partial charge >= 0.3 is 35.5 Å². The Bertz CT molecular complexity index is 339. The molecule has 0 atom stereocenters. The van der Waals surface area contributed by atoms with Crippen LogP contribution >= 0.6 is 0 Å². The first-order valence-corrected chi connectivity index (χ1v) is 14.0. The summed E-state index contributed by atoms with van der Waals surface area (Å²) in [6, 6.07) is 0. The molecule has 0 saturated heterocycles. The number of rotatable bonds is 26. The predicted octanol–water partition coefficient (Wildman–Crippen LogP) is 7.35. The number of hydrogen-bond acceptors (Lipinski definition) is 1. The zero-order valence-corrected chi connectivity index (χ0v) is 23.7. The zero-order valence-electron chi connectivity index (χ0n) is 22.7. The summed E-state index contributed by atoms with van der Waals surface area (Å²) < 4.78 is 0. The first-order chi connectivity index (χ1) is 14.8. The predicted molar refractivity (Wildman–Crippen MR) is 134 cm³/mol. The summed E-state index contributed by atoms with van der Waals surface area (Å²) in [5.41, 5.74) is 0. The van der Waals surface area contributed by atoms with Gasteiger partial charge in [-0.15, -0.1) is 0 Å². The Morgan fingerprint density at radius 3 is 0.839 bits per heavy atom. The number of carboxylic acid groups (broad SMARTS) is 1. The molecule has 0 unspecified atom stereocenters. The van der Waals surface area contributed by atoms with Crippen LogP contribution in [-0.2, 0) is 4.79 Å². The number of unbranched alkanes of at least 4 members (excludes halogenated alkanes) is 24. The first-order valence-electron chi connectivity index (χ1n) is 14.0. The molecule has 2 nitrogen and oxygen atoms in total. The normalized spacial score (nSPS) is 10.9. The molecule has 0 aliphatic rings. The van der Waals surface area contributed by atoms with Crippen molar-refractivity contribution in [1.82, 2.24) is 0 Å². The van der Waals surface area contributed by atoms with E-state index >= 15 is 0 Å². The second-order valence-electron chi connectivity index (χ2n) is 9.63. The van der Waals surface area contributed by atoms with Gasteiger partial charge in [0.1, 0.15) is 0 Å². The Balaban J connectivity index is -0.00000420. The SMILES string of the molecule is CCCCCCCCCCCCCCCCCCCCCCCCCCCC(=O)O.[H-].[Na+]. The Hall–Kier alpha value is 0.470. The van der Waals surface area contributed by atoms with Crippen molar-refractivity contribution in [2.24, 2.45) is 0 Å². The van der Waals surface area contributed by atoms with Crippen molar-refractivity contribution in [2.45, 2.75) is 174 Å². The van der Waals surface area contributed by atoms with Gasteiger partial charge in [0.2, 0.25) is 0 Å². The summed E-state index contributed by atoms with van der Waals surface area (Å²) in [5.74, 6) is -0.649. The van der Waals surface area contributed by atoms with E-state index in [2.05, 4.69) is 6.92 Å². The fraction of sp³-hybridized carbons (Fsp3) is 0.964. The van der Waals surface area contributed by atoms with Crippen molar-refractivity contribution in [3.63, 3.8) is 0 Å². The Morgan fingerprint density at radius 1 is 0.452 bits per heavy atom. The van der Waals surface area contributed by atoms with Gasteiger partial charge in [0.25, 0.3) is 0 Å². The molecule has 182 valence electrons. The summed E-state index contributed by atoms with van der Waals surface area (Å²) in [4.78, 5) is 10.4. The molecule has 0 spiro atoms. The third kappa shape index (κ3) is 32.7. The smallest absolute Gasteiger partial charge is 1.00 e. The summed E-state index contributed by atoms with van der Waals surface area (Å²) in [5, 5.41) is 8.60. The van der Waals surface area contributed by atoms with E-state index in [0.29, 0.717) is 6.42 Å². The molecule has 0 aromatic carbocycles. The van der Waals surface area contributed by atoms with Gasteiger partial charge in [-0.3, -0.25) is 4.79 Å². The van der Waals surface area contributed by atoms with Crippen LogP contribution < -0.4 is 29.6 Å². The molecule has 31 heavy (non-hydrogen) atoms. The molecule has 0 bridgehead atoms. The van der Waals surface area contributed by atoms with E-state index < -0.39 is 5.97 Å². The topological polar surface area (TPSA) is 37.3 Å². The van der Waals surface area contributed by atoms with Crippen molar-refractivity contribution >= 4 is 5.97 Å². The molecule has 0 fully saturated rings. The number of carboxylic acids is 1. The van der Waals surface area contributed by atoms with Gasteiger partial charge in [-0.25, -0.2) is 0 Å². The maximum atomic E-state index is 10.4. The maximum Gasteiger partial charge on any atom is 1.00 e. The largest absolute Gasteiger partial charge is 1.00 e. The van der Waals surface area contributed by atoms with Gasteiger partial charge in [0, 0.05) is 6.42 Å². The van der Waals surface area contributed by atoms with Crippen molar-refractivity contribution in [3.05, 3.63) is 0 Å². The van der Waals surface area contributed by atoms with Crippen LogP contribution in [0.1, 0.15) is 175 Å². The van der Waals surface area contributed by atoms with Gasteiger partial charge in [0.05, 0.1) is 0 Å². The van der Waals surface area contributed by atoms with E-state index in [1.807, 2.05) is 0 Å². The quantitative estimate of drug-likeness (QED) is 0.111. The molecule has 0 aliphatic heterocycles. The first kappa shape index (κ1) is 33.6. The third-order valence-electron chi connectivity index (χ3n) is 6.49. The van der Waals surface area contributed by atoms with E-state index in [4.69, 9.17) is 5.11 Å². The van der Waals surface area contributed by atoms with Gasteiger partial charge in [-0.1, -0.05) is 161 Å². The molecule has 0 amide bonds. The summed E-state index contributed by atoms with van der Waals surface area (Å²) in [6.07, 6.45) is 35.0. The molecule has 0 aromatic heterocycles. The van der Waals surface area contributed by atoms with Gasteiger partial charge in [0.15, 0.2) is 0 Å². The summed E-state index contributed by atoms with van der Waals surface area (Å²) >= 11 is 0. The molecule has 0 saturated carbocycles. The maximum absolute atomic E-state index is 10.4. The monoisotopic (exact) mass is 448 g/mol. The number of hydrogen-bond donors (Lipinski definition) is 1. The molecule has 3 heteroatoms. The minimum atomic E-state index is -0.649. The van der Waals surface area contributed by atoms with Crippen molar-refractivity contribution in [3.8, 4) is 0 Å². The molecule has 0 heterocycles. The van der Waals surface area contributed by atoms with Gasteiger partial charge < -0.3 is 6.53 Å². The van der Waals surface area contributed by atoms with Crippen LogP contribution in [0.4, 0.5) is 0 Å². The van der Waals surface area contributed by atoms with Crippen LogP contribution in [-0.4, -0.2) is 11.1 Å². The van der Waals surface area contributed by atoms with Crippen LogP contribution in [0.25, 0.3) is 0 Å². The summed E-state index contributed by atoms with van der Waals surface area (Å²) in [6.45, 7) is 2.29. The van der Waals surface area contributed by atoms with Crippen molar-refractivity contribution in [1.29, 1.82) is 0 Å². The number of carbonyl (C=O) groups is 1. The number of aliphatic carboxylic acids is 1. The second kappa shape index (κ2) is 30.5.